The molecular weight excluding hydrogens is 462 g/mol. The van der Waals surface area contributed by atoms with E-state index >= 15 is 0 Å². The number of nitrogens with zero attached hydrogens (tertiary/aromatic N) is 1. The average Bonchev–Trinajstić information content (AvgIpc) is 3.42. The van der Waals surface area contributed by atoms with Crippen molar-refractivity contribution in [3.05, 3.63) is 76.9 Å². The smallest absolute Gasteiger partial charge is 0.233 e. The second-order valence-corrected chi connectivity index (χ2v) is 10.9. The number of phenols is 1. The van der Waals surface area contributed by atoms with Gasteiger partial charge in [-0.3, -0.25) is 14.5 Å². The largest absolute Gasteiger partial charge is 0.507 e. The minimum absolute atomic E-state index is 0.00386. The van der Waals surface area contributed by atoms with Crippen LogP contribution in [0.15, 0.2) is 65.7 Å². The van der Waals surface area contributed by atoms with Crippen LogP contribution in [0.2, 0.25) is 0 Å². The van der Waals surface area contributed by atoms with Crippen molar-refractivity contribution in [3.8, 4) is 5.75 Å². The van der Waals surface area contributed by atoms with E-state index in [0.717, 1.165) is 36.0 Å². The predicted molar refractivity (Wildman–Crippen MR) is 145 cm³/mol. The van der Waals surface area contributed by atoms with Gasteiger partial charge in [-0.1, -0.05) is 74.9 Å². The lowest BCUT2D eigenvalue weighted by Gasteiger charge is -2.33. The first-order valence-electron chi connectivity index (χ1n) is 13.6. The van der Waals surface area contributed by atoms with Crippen LogP contribution in [-0.2, 0) is 14.3 Å². The Morgan fingerprint density at radius 2 is 1.78 bits per heavy atom. The lowest BCUT2D eigenvalue weighted by molar-refractivity contribution is -0.140. The number of carbonyl (C=O) groups is 2. The molecule has 2 fully saturated rings. The Labute approximate surface area is 219 Å². The van der Waals surface area contributed by atoms with E-state index in [1.54, 1.807) is 6.07 Å². The number of phenolic OH excluding ortho intramolecular Hbond substituents is 1. The number of para-hydroxylation sites is 1. The van der Waals surface area contributed by atoms with Crippen LogP contribution in [0.4, 0.5) is 0 Å². The Hall–Kier alpha value is -3.18. The van der Waals surface area contributed by atoms with Crippen molar-refractivity contribution < 1.29 is 19.4 Å². The normalized spacial score (nSPS) is 25.7. The van der Waals surface area contributed by atoms with Crippen LogP contribution in [0.25, 0.3) is 11.6 Å². The topological polar surface area (TPSA) is 66.8 Å². The molecule has 1 N–H and O–H groups in total. The van der Waals surface area contributed by atoms with Gasteiger partial charge >= 0.3 is 0 Å². The summed E-state index contributed by atoms with van der Waals surface area (Å²) in [4.78, 5) is 28.0. The molecule has 2 aliphatic heterocycles. The number of aromatic hydroxyl groups is 1. The van der Waals surface area contributed by atoms with Gasteiger partial charge in [0.05, 0.1) is 24.5 Å². The van der Waals surface area contributed by atoms with Gasteiger partial charge in [-0.25, -0.2) is 0 Å². The first-order chi connectivity index (χ1) is 17.9. The maximum absolute atomic E-state index is 13.3. The lowest BCUT2D eigenvalue weighted by atomic mass is 9.67. The summed E-state index contributed by atoms with van der Waals surface area (Å²) in [6.45, 7) is 7.39. The van der Waals surface area contributed by atoms with Gasteiger partial charge in [-0.15, -0.1) is 0 Å². The first kappa shape index (κ1) is 25.5. The molecule has 0 unspecified atom stereocenters. The summed E-state index contributed by atoms with van der Waals surface area (Å²) in [5.41, 5.74) is 5.62. The number of imide groups is 1. The fourth-order valence-electron chi connectivity index (χ4n) is 6.50. The molecule has 0 bridgehead atoms. The van der Waals surface area contributed by atoms with E-state index in [1.165, 1.54) is 16.0 Å². The number of hydrogen-bond acceptors (Lipinski definition) is 4. The summed E-state index contributed by atoms with van der Waals surface area (Å²) in [6.07, 6.45) is 5.00. The summed E-state index contributed by atoms with van der Waals surface area (Å²) in [6, 6.07) is 17.6. The molecule has 0 saturated carbocycles. The van der Waals surface area contributed by atoms with Crippen molar-refractivity contribution in [2.75, 3.05) is 13.2 Å². The molecule has 2 aromatic carbocycles. The molecular formula is C32H37NO4. The Morgan fingerprint density at radius 1 is 1.05 bits per heavy atom. The number of ether oxygens (including phenoxy) is 1. The summed E-state index contributed by atoms with van der Waals surface area (Å²) in [5, 5.41) is 10.4. The van der Waals surface area contributed by atoms with Gasteiger partial charge in [0.15, 0.2) is 0 Å². The number of allylic oxidation sites excluding steroid dienone is 2. The monoisotopic (exact) mass is 499 g/mol. The van der Waals surface area contributed by atoms with Crippen molar-refractivity contribution in [3.63, 3.8) is 0 Å². The van der Waals surface area contributed by atoms with Gasteiger partial charge in [0.2, 0.25) is 11.8 Å². The Balaban J connectivity index is 1.44. The van der Waals surface area contributed by atoms with Crippen LogP contribution in [0.1, 0.15) is 57.6 Å². The number of fused-ring (bicyclic) bond motifs is 3. The molecule has 4 atom stereocenters. The molecule has 2 aromatic rings. The second-order valence-electron chi connectivity index (χ2n) is 10.9. The maximum atomic E-state index is 13.3. The molecule has 2 saturated heterocycles. The van der Waals surface area contributed by atoms with Gasteiger partial charge in [0.25, 0.3) is 0 Å². The van der Waals surface area contributed by atoms with Crippen molar-refractivity contribution >= 4 is 23.5 Å². The molecule has 3 aliphatic rings. The summed E-state index contributed by atoms with van der Waals surface area (Å²) >= 11 is 0. The molecule has 0 aromatic heterocycles. The van der Waals surface area contributed by atoms with Crippen molar-refractivity contribution in [1.29, 1.82) is 0 Å². The number of carbonyl (C=O) groups excluding carboxylic acids is 2. The van der Waals surface area contributed by atoms with Crippen LogP contribution in [-0.4, -0.2) is 41.1 Å². The minimum atomic E-state index is -0.285. The minimum Gasteiger partial charge on any atom is -0.507 e. The molecule has 1 aliphatic carbocycles. The average molecular weight is 500 g/mol. The molecule has 0 spiro atoms. The molecule has 2 amide bonds. The zero-order valence-corrected chi connectivity index (χ0v) is 22.0. The third-order valence-electron chi connectivity index (χ3n) is 8.27. The van der Waals surface area contributed by atoms with Gasteiger partial charge < -0.3 is 9.84 Å². The molecule has 5 heteroatoms. The van der Waals surface area contributed by atoms with Crippen LogP contribution >= 0.6 is 0 Å². The number of rotatable bonds is 8. The highest BCUT2D eigenvalue weighted by molar-refractivity contribution is 6.06. The SMILES string of the molecule is CCCN1C(=O)[C@@H]2[C@@H](CC(C(C)C)=C3[C@@H](CC/C(=C/c4ccccc4O)c4ccccc4)OC[C@@H]32)C1=O. The predicted octanol–water partition coefficient (Wildman–Crippen LogP) is 6.10. The third-order valence-corrected chi connectivity index (χ3v) is 8.27. The molecule has 2 heterocycles. The first-order valence-corrected chi connectivity index (χ1v) is 13.6. The van der Waals surface area contributed by atoms with Gasteiger partial charge in [-0.05, 0) is 60.5 Å². The number of amides is 2. The lowest BCUT2D eigenvalue weighted by Crippen LogP contribution is -2.35. The Bertz CT molecular complexity index is 1230. The quantitative estimate of drug-likeness (QED) is 0.271. The van der Waals surface area contributed by atoms with Crippen LogP contribution in [0.5, 0.6) is 5.75 Å². The van der Waals surface area contributed by atoms with E-state index in [2.05, 4.69) is 32.1 Å². The highest BCUT2D eigenvalue weighted by Crippen LogP contribution is 2.51. The van der Waals surface area contributed by atoms with Crippen LogP contribution in [0.3, 0.4) is 0 Å². The zero-order valence-electron chi connectivity index (χ0n) is 22.0. The number of likely N-dealkylation sites (tertiary alicyclic amines) is 1. The van der Waals surface area contributed by atoms with E-state index in [1.807, 2.05) is 43.3 Å². The fraction of sp³-hybridized carbons (Fsp3) is 0.438. The van der Waals surface area contributed by atoms with Crippen molar-refractivity contribution in [2.45, 2.75) is 52.6 Å². The van der Waals surface area contributed by atoms with Gasteiger partial charge in [-0.2, -0.15) is 0 Å². The zero-order chi connectivity index (χ0) is 26.1. The van der Waals surface area contributed by atoms with E-state index in [4.69, 9.17) is 4.74 Å². The molecule has 5 nitrogen and oxygen atoms in total. The highest BCUT2D eigenvalue weighted by atomic mass is 16.5. The molecule has 0 radical (unpaired) electrons. The molecule has 5 rings (SSSR count). The van der Waals surface area contributed by atoms with Crippen molar-refractivity contribution in [2.24, 2.45) is 23.7 Å². The van der Waals surface area contributed by atoms with E-state index in [9.17, 15) is 14.7 Å². The highest BCUT2D eigenvalue weighted by Gasteiger charge is 2.56. The third kappa shape index (κ3) is 4.77. The Morgan fingerprint density at radius 3 is 2.49 bits per heavy atom. The molecule has 194 valence electrons. The van der Waals surface area contributed by atoms with E-state index in [-0.39, 0.29) is 41.4 Å². The number of hydrogen-bond donors (Lipinski definition) is 1. The molecule has 37 heavy (non-hydrogen) atoms. The standard InChI is InChI=1S/C32H37NO4/c1-4-16-33-31(35)25-18-24(20(2)3)29-26(30(25)32(33)36)19-37-28(29)15-14-22(21-10-6-5-7-11-21)17-23-12-8-9-13-27(23)34/h5-13,17,20,25-26,28,30,34H,4,14-16,18-19H2,1-3H3/b22-17-/t25-,26+,28-,30-/m1/s1. The second kappa shape index (κ2) is 10.7. The van der Waals surface area contributed by atoms with Crippen molar-refractivity contribution in [1.82, 2.24) is 4.90 Å². The fourth-order valence-corrected chi connectivity index (χ4v) is 6.50. The van der Waals surface area contributed by atoms with E-state index in [0.29, 0.717) is 25.5 Å². The maximum Gasteiger partial charge on any atom is 0.233 e. The summed E-state index contributed by atoms with van der Waals surface area (Å²) in [7, 11) is 0. The number of benzene rings is 2. The van der Waals surface area contributed by atoms with Crippen LogP contribution in [0, 0.1) is 23.7 Å². The van der Waals surface area contributed by atoms with Gasteiger partial charge in [0.1, 0.15) is 5.75 Å². The summed E-state index contributed by atoms with van der Waals surface area (Å²) < 4.78 is 6.41. The Kier molecular flexibility index (Phi) is 7.34. The van der Waals surface area contributed by atoms with E-state index < -0.39 is 0 Å². The van der Waals surface area contributed by atoms with Gasteiger partial charge in [0, 0.05) is 18.0 Å². The summed E-state index contributed by atoms with van der Waals surface area (Å²) in [5.74, 6) is 0.0286. The van der Waals surface area contributed by atoms with Crippen LogP contribution < -0.4 is 0 Å².